The van der Waals surface area contributed by atoms with E-state index in [2.05, 4.69) is 21.9 Å². The van der Waals surface area contributed by atoms with Crippen molar-refractivity contribution >= 4 is 17.5 Å². The van der Waals surface area contributed by atoms with Gasteiger partial charge in [0.1, 0.15) is 5.71 Å². The van der Waals surface area contributed by atoms with Crippen LogP contribution in [0.15, 0.2) is 5.10 Å². The van der Waals surface area contributed by atoms with E-state index in [1.807, 2.05) is 0 Å². The molecule has 0 saturated heterocycles. The molecule has 1 fully saturated rings. The van der Waals surface area contributed by atoms with Crippen molar-refractivity contribution in [2.24, 2.45) is 11.0 Å². The summed E-state index contributed by atoms with van der Waals surface area (Å²) < 4.78 is 0. The van der Waals surface area contributed by atoms with Gasteiger partial charge in [0.2, 0.25) is 5.91 Å². The number of nitriles is 1. The van der Waals surface area contributed by atoms with Gasteiger partial charge in [0, 0.05) is 18.9 Å². The lowest BCUT2D eigenvalue weighted by Gasteiger charge is -2.17. The first kappa shape index (κ1) is 11.6. The lowest BCUT2D eigenvalue weighted by molar-refractivity contribution is -0.121. The van der Waals surface area contributed by atoms with Crippen LogP contribution in [0.25, 0.3) is 0 Å². The number of hydrogen-bond donors (Lipinski definition) is 2. The Kier molecular flexibility index (Phi) is 3.38. The summed E-state index contributed by atoms with van der Waals surface area (Å²) in [4.78, 5) is 22.7. The molecule has 2 amide bonds. The van der Waals surface area contributed by atoms with Crippen LogP contribution in [0.4, 0.5) is 0 Å². The lowest BCUT2D eigenvalue weighted by atomic mass is 10.1. The highest BCUT2D eigenvalue weighted by molar-refractivity contribution is 6.39. The van der Waals surface area contributed by atoms with Gasteiger partial charge in [-0.15, -0.1) is 0 Å². The Morgan fingerprint density at radius 3 is 2.94 bits per heavy atom. The lowest BCUT2D eigenvalue weighted by Crippen LogP contribution is -2.43. The Morgan fingerprint density at radius 1 is 1.47 bits per heavy atom. The van der Waals surface area contributed by atoms with Crippen LogP contribution in [0.5, 0.6) is 0 Å². The molecular weight excluding hydrogens is 220 g/mol. The molecule has 0 spiro atoms. The Hall–Kier alpha value is -1.90. The Bertz CT molecular complexity index is 410. The first-order valence-corrected chi connectivity index (χ1v) is 5.76. The zero-order valence-corrected chi connectivity index (χ0v) is 9.40. The quantitative estimate of drug-likeness (QED) is 0.707. The van der Waals surface area contributed by atoms with E-state index in [1.54, 1.807) is 0 Å². The third-order valence-corrected chi connectivity index (χ3v) is 3.16. The number of hydrogen-bond acceptors (Lipinski definition) is 4. The minimum atomic E-state index is -0.267. The van der Waals surface area contributed by atoms with Crippen molar-refractivity contribution in [3.05, 3.63) is 0 Å². The molecule has 1 aliphatic carbocycles. The molecule has 90 valence electrons. The summed E-state index contributed by atoms with van der Waals surface area (Å²) in [5.41, 5.74) is 2.63. The van der Waals surface area contributed by atoms with E-state index in [4.69, 9.17) is 5.26 Å². The van der Waals surface area contributed by atoms with Gasteiger partial charge in [0.05, 0.1) is 12.0 Å². The first-order valence-electron chi connectivity index (χ1n) is 5.76. The molecule has 0 aromatic rings. The number of rotatable bonds is 2. The molecule has 1 saturated carbocycles. The normalized spacial score (nSPS) is 27.9. The molecule has 0 aromatic heterocycles. The summed E-state index contributed by atoms with van der Waals surface area (Å²) in [6.45, 7) is 0. The van der Waals surface area contributed by atoms with Crippen molar-refractivity contribution in [3.8, 4) is 6.07 Å². The van der Waals surface area contributed by atoms with E-state index >= 15 is 0 Å². The highest BCUT2D eigenvalue weighted by Gasteiger charge is 2.30. The van der Waals surface area contributed by atoms with Crippen molar-refractivity contribution < 1.29 is 9.59 Å². The van der Waals surface area contributed by atoms with Crippen molar-refractivity contribution in [1.82, 2.24) is 10.7 Å². The Labute approximate surface area is 99.1 Å². The number of amides is 2. The third kappa shape index (κ3) is 2.61. The summed E-state index contributed by atoms with van der Waals surface area (Å²) in [7, 11) is 0. The van der Waals surface area contributed by atoms with Crippen LogP contribution >= 0.6 is 0 Å². The minimum absolute atomic E-state index is 0.0761. The van der Waals surface area contributed by atoms with Crippen LogP contribution in [0.1, 0.15) is 32.1 Å². The SMILES string of the molecule is N#CC1CCCC1NC(=O)C1=NNC(=O)CC1. The summed E-state index contributed by atoms with van der Waals surface area (Å²) in [5.74, 6) is -0.535. The van der Waals surface area contributed by atoms with E-state index in [9.17, 15) is 9.59 Å². The van der Waals surface area contributed by atoms with Crippen molar-refractivity contribution in [2.75, 3.05) is 0 Å². The van der Waals surface area contributed by atoms with Crippen LogP contribution < -0.4 is 10.7 Å². The fourth-order valence-corrected chi connectivity index (χ4v) is 2.18. The van der Waals surface area contributed by atoms with Crippen LogP contribution in [0.2, 0.25) is 0 Å². The highest BCUT2D eigenvalue weighted by atomic mass is 16.2. The molecule has 2 atom stereocenters. The molecule has 2 rings (SSSR count). The maximum absolute atomic E-state index is 11.8. The van der Waals surface area contributed by atoms with Crippen LogP contribution in [-0.2, 0) is 9.59 Å². The van der Waals surface area contributed by atoms with E-state index in [-0.39, 0.29) is 23.8 Å². The predicted octanol–water partition coefficient (Wildman–Crippen LogP) is 0.0609. The fourth-order valence-electron chi connectivity index (χ4n) is 2.18. The maximum atomic E-state index is 11.8. The standard InChI is InChI=1S/C11H14N4O2/c12-6-7-2-1-3-8(7)13-11(17)9-4-5-10(16)15-14-9/h7-8H,1-5H2,(H,13,17)(H,15,16). The molecule has 17 heavy (non-hydrogen) atoms. The number of hydrazone groups is 1. The average Bonchev–Trinajstić information content (AvgIpc) is 2.77. The van der Waals surface area contributed by atoms with Gasteiger partial charge in [-0.25, -0.2) is 5.43 Å². The molecule has 2 unspecified atom stereocenters. The molecule has 6 nitrogen and oxygen atoms in total. The monoisotopic (exact) mass is 234 g/mol. The molecule has 0 aromatic carbocycles. The van der Waals surface area contributed by atoms with Crippen molar-refractivity contribution in [3.63, 3.8) is 0 Å². The predicted molar refractivity (Wildman–Crippen MR) is 59.7 cm³/mol. The zero-order valence-electron chi connectivity index (χ0n) is 9.40. The number of nitrogens with zero attached hydrogens (tertiary/aromatic N) is 2. The van der Waals surface area contributed by atoms with Gasteiger partial charge in [-0.1, -0.05) is 0 Å². The topological polar surface area (TPSA) is 94.3 Å². The van der Waals surface area contributed by atoms with E-state index in [0.29, 0.717) is 18.6 Å². The van der Waals surface area contributed by atoms with Gasteiger partial charge in [-0.2, -0.15) is 10.4 Å². The highest BCUT2D eigenvalue weighted by Crippen LogP contribution is 2.24. The number of nitrogens with one attached hydrogen (secondary N) is 2. The van der Waals surface area contributed by atoms with Crippen molar-refractivity contribution in [1.29, 1.82) is 5.26 Å². The molecule has 6 heteroatoms. The number of carbonyl (C=O) groups excluding carboxylic acids is 2. The zero-order chi connectivity index (χ0) is 12.3. The summed E-state index contributed by atoms with van der Waals surface area (Å²) in [6.07, 6.45) is 3.29. The molecule has 2 N–H and O–H groups in total. The van der Waals surface area contributed by atoms with Crippen LogP contribution in [0.3, 0.4) is 0 Å². The third-order valence-electron chi connectivity index (χ3n) is 3.16. The fraction of sp³-hybridized carbons (Fsp3) is 0.636. The largest absolute Gasteiger partial charge is 0.347 e. The average molecular weight is 234 g/mol. The molecule has 1 heterocycles. The van der Waals surface area contributed by atoms with Crippen LogP contribution in [-0.4, -0.2) is 23.6 Å². The van der Waals surface area contributed by atoms with E-state index in [1.165, 1.54) is 0 Å². The van der Waals surface area contributed by atoms with Crippen molar-refractivity contribution in [2.45, 2.75) is 38.1 Å². The van der Waals surface area contributed by atoms with E-state index in [0.717, 1.165) is 19.3 Å². The Balaban J connectivity index is 1.93. The van der Waals surface area contributed by atoms with E-state index < -0.39 is 0 Å². The smallest absolute Gasteiger partial charge is 0.267 e. The summed E-state index contributed by atoms with van der Waals surface area (Å²) >= 11 is 0. The Morgan fingerprint density at radius 2 is 2.29 bits per heavy atom. The minimum Gasteiger partial charge on any atom is -0.347 e. The second-order valence-electron chi connectivity index (χ2n) is 4.34. The summed E-state index contributed by atoms with van der Waals surface area (Å²) in [6, 6.07) is 2.13. The van der Waals surface area contributed by atoms with Gasteiger partial charge in [-0.05, 0) is 19.3 Å². The number of carbonyl (C=O) groups is 2. The molecule has 2 aliphatic rings. The van der Waals surface area contributed by atoms with Gasteiger partial charge < -0.3 is 5.32 Å². The second kappa shape index (κ2) is 4.95. The molecule has 0 bridgehead atoms. The van der Waals surface area contributed by atoms with Gasteiger partial charge in [0.15, 0.2) is 0 Å². The maximum Gasteiger partial charge on any atom is 0.267 e. The van der Waals surface area contributed by atoms with Gasteiger partial charge in [0.25, 0.3) is 5.91 Å². The van der Waals surface area contributed by atoms with Crippen LogP contribution in [0, 0.1) is 17.2 Å². The summed E-state index contributed by atoms with van der Waals surface area (Å²) in [5, 5.41) is 15.5. The van der Waals surface area contributed by atoms with Gasteiger partial charge >= 0.3 is 0 Å². The van der Waals surface area contributed by atoms with Gasteiger partial charge in [-0.3, -0.25) is 9.59 Å². The molecule has 1 aliphatic heterocycles. The first-order chi connectivity index (χ1) is 8.20. The molecule has 0 radical (unpaired) electrons. The molecular formula is C11H14N4O2. The second-order valence-corrected chi connectivity index (χ2v) is 4.34.